The third kappa shape index (κ3) is 6.01. The predicted molar refractivity (Wildman–Crippen MR) is 89.0 cm³/mol. The van der Waals surface area contributed by atoms with Gasteiger partial charge >= 0.3 is 0 Å². The molecule has 0 heterocycles. The van der Waals surface area contributed by atoms with Crippen LogP contribution >= 0.6 is 11.8 Å². The van der Waals surface area contributed by atoms with Gasteiger partial charge in [-0.25, -0.2) is 0 Å². The van der Waals surface area contributed by atoms with Gasteiger partial charge in [-0.1, -0.05) is 45.0 Å². The highest BCUT2D eigenvalue weighted by atomic mass is 32.2. The van der Waals surface area contributed by atoms with Crippen LogP contribution in [0.1, 0.15) is 51.3 Å². The largest absolute Gasteiger partial charge is 0.307 e. The zero-order chi connectivity index (χ0) is 14.3. The summed E-state index contributed by atoms with van der Waals surface area (Å²) in [5.74, 6) is 1.92. The Morgan fingerprint density at radius 2 is 1.74 bits per heavy atom. The van der Waals surface area contributed by atoms with Crippen LogP contribution in [0.25, 0.3) is 0 Å². The molecule has 0 amide bonds. The Morgan fingerprint density at radius 3 is 2.21 bits per heavy atom. The Labute approximate surface area is 123 Å². The maximum atomic E-state index is 3.72. The summed E-state index contributed by atoms with van der Waals surface area (Å²) in [6.45, 7) is 9.06. The average Bonchev–Trinajstić information content (AvgIpc) is 2.38. The molecule has 2 heteroatoms. The van der Waals surface area contributed by atoms with Crippen molar-refractivity contribution in [1.29, 1.82) is 0 Å². The maximum absolute atomic E-state index is 3.72. The number of thioether (sulfide) groups is 1. The Morgan fingerprint density at radius 1 is 1.11 bits per heavy atom. The average molecular weight is 279 g/mol. The normalized spacial score (nSPS) is 14.6. The summed E-state index contributed by atoms with van der Waals surface area (Å²) in [5, 5.41) is 3.72. The molecule has 0 saturated heterocycles. The first-order chi connectivity index (χ1) is 9.06. The van der Waals surface area contributed by atoms with Gasteiger partial charge in [0.25, 0.3) is 0 Å². The van der Waals surface area contributed by atoms with E-state index in [2.05, 4.69) is 63.5 Å². The van der Waals surface area contributed by atoms with Gasteiger partial charge in [-0.2, -0.15) is 11.8 Å². The van der Waals surface area contributed by atoms with Crippen molar-refractivity contribution in [2.75, 3.05) is 12.0 Å². The molecule has 1 N–H and O–H groups in total. The molecule has 1 aromatic rings. The van der Waals surface area contributed by atoms with E-state index in [1.54, 1.807) is 0 Å². The van der Waals surface area contributed by atoms with Gasteiger partial charge in [-0.15, -0.1) is 0 Å². The second-order valence-corrected chi connectivity index (χ2v) is 6.70. The smallest absolute Gasteiger partial charge is 0.0294 e. The molecule has 0 aromatic heterocycles. The van der Waals surface area contributed by atoms with Crippen molar-refractivity contribution >= 4 is 11.8 Å². The Bertz CT molecular complexity index is 345. The van der Waals surface area contributed by atoms with Crippen LogP contribution in [0.3, 0.4) is 0 Å². The van der Waals surface area contributed by atoms with Gasteiger partial charge < -0.3 is 5.32 Å². The van der Waals surface area contributed by atoms with E-state index in [1.807, 2.05) is 11.8 Å². The van der Waals surface area contributed by atoms with Crippen LogP contribution in [0.15, 0.2) is 24.3 Å². The fourth-order valence-corrected chi connectivity index (χ4v) is 3.08. The summed E-state index contributed by atoms with van der Waals surface area (Å²) in [4.78, 5) is 0. The lowest BCUT2D eigenvalue weighted by Crippen LogP contribution is -2.32. The van der Waals surface area contributed by atoms with Gasteiger partial charge in [0.1, 0.15) is 0 Å². The molecule has 1 nitrogen and oxygen atoms in total. The highest BCUT2D eigenvalue weighted by Gasteiger charge is 2.11. The van der Waals surface area contributed by atoms with Crippen molar-refractivity contribution in [3.05, 3.63) is 35.4 Å². The van der Waals surface area contributed by atoms with Crippen LogP contribution in [0.2, 0.25) is 0 Å². The first-order valence-corrected chi connectivity index (χ1v) is 8.80. The van der Waals surface area contributed by atoms with Crippen molar-refractivity contribution in [3.63, 3.8) is 0 Å². The predicted octanol–water partition coefficient (Wildman–Crippen LogP) is 4.68. The fourth-order valence-electron chi connectivity index (χ4n) is 2.35. The van der Waals surface area contributed by atoms with Crippen LogP contribution in [-0.2, 0) is 6.42 Å². The van der Waals surface area contributed by atoms with Crippen LogP contribution in [0.5, 0.6) is 0 Å². The van der Waals surface area contributed by atoms with E-state index in [-0.39, 0.29) is 0 Å². The molecule has 0 bridgehead atoms. The molecule has 108 valence electrons. The minimum Gasteiger partial charge on any atom is -0.307 e. The second-order valence-electron chi connectivity index (χ2n) is 5.79. The summed E-state index contributed by atoms with van der Waals surface area (Å²) in [6.07, 6.45) is 4.54. The lowest BCUT2D eigenvalue weighted by Gasteiger charge is -2.22. The number of rotatable bonds is 8. The van der Waals surface area contributed by atoms with Crippen molar-refractivity contribution in [3.8, 4) is 0 Å². The first kappa shape index (κ1) is 16.6. The minimum atomic E-state index is 0.435. The Balaban J connectivity index is 2.59. The van der Waals surface area contributed by atoms with Crippen LogP contribution < -0.4 is 5.32 Å². The summed E-state index contributed by atoms with van der Waals surface area (Å²) in [7, 11) is 0. The molecule has 0 radical (unpaired) electrons. The Kier molecular flexibility index (Phi) is 7.55. The summed E-state index contributed by atoms with van der Waals surface area (Å²) in [6, 6.07) is 10.2. The van der Waals surface area contributed by atoms with Gasteiger partial charge in [0.05, 0.1) is 0 Å². The van der Waals surface area contributed by atoms with Crippen LogP contribution in [0, 0.1) is 5.92 Å². The van der Waals surface area contributed by atoms with Gasteiger partial charge in [-0.3, -0.25) is 0 Å². The van der Waals surface area contributed by atoms with Gasteiger partial charge in [0, 0.05) is 17.8 Å². The first-order valence-electron chi connectivity index (χ1n) is 7.40. The van der Waals surface area contributed by atoms with E-state index in [0.717, 1.165) is 5.92 Å². The quantitative estimate of drug-likeness (QED) is 0.741. The maximum Gasteiger partial charge on any atom is 0.0294 e. The molecule has 0 spiro atoms. The highest BCUT2D eigenvalue weighted by Crippen LogP contribution is 2.17. The summed E-state index contributed by atoms with van der Waals surface area (Å²) < 4.78 is 0. The van der Waals surface area contributed by atoms with Gasteiger partial charge in [-0.05, 0) is 43.1 Å². The highest BCUT2D eigenvalue weighted by molar-refractivity contribution is 7.98. The second kappa shape index (κ2) is 8.65. The summed E-state index contributed by atoms with van der Waals surface area (Å²) in [5.41, 5.74) is 2.84. The molecular formula is C17H29NS. The third-order valence-electron chi connectivity index (χ3n) is 3.47. The monoisotopic (exact) mass is 279 g/mol. The fraction of sp³-hybridized carbons (Fsp3) is 0.647. The number of benzene rings is 1. The van der Waals surface area contributed by atoms with Crippen molar-refractivity contribution < 1.29 is 0 Å². The van der Waals surface area contributed by atoms with E-state index in [4.69, 9.17) is 0 Å². The SMILES string of the molecule is CCC(CSC)NC(C)c1ccc(CC(C)C)cc1. The molecule has 0 saturated carbocycles. The van der Waals surface area contributed by atoms with Crippen molar-refractivity contribution in [2.24, 2.45) is 5.92 Å². The number of nitrogens with one attached hydrogen (secondary N) is 1. The molecule has 0 aliphatic heterocycles. The molecule has 2 atom stereocenters. The molecule has 1 rings (SSSR count). The molecule has 0 aliphatic carbocycles. The topological polar surface area (TPSA) is 12.0 Å². The van der Waals surface area contributed by atoms with E-state index >= 15 is 0 Å². The lowest BCUT2D eigenvalue weighted by molar-refractivity contribution is 0.475. The summed E-state index contributed by atoms with van der Waals surface area (Å²) >= 11 is 1.92. The van der Waals surface area contributed by atoms with Crippen LogP contribution in [-0.4, -0.2) is 18.1 Å². The van der Waals surface area contributed by atoms with E-state index in [0.29, 0.717) is 12.1 Å². The molecule has 0 fully saturated rings. The van der Waals surface area contributed by atoms with E-state index < -0.39 is 0 Å². The van der Waals surface area contributed by atoms with Gasteiger partial charge in [0.2, 0.25) is 0 Å². The molecule has 0 aliphatic rings. The standard InChI is InChI=1S/C17H29NS/c1-6-17(12-19-5)18-14(4)16-9-7-15(8-10-16)11-13(2)3/h7-10,13-14,17-18H,6,11-12H2,1-5H3. The van der Waals surface area contributed by atoms with Crippen molar-refractivity contribution in [2.45, 2.75) is 52.6 Å². The third-order valence-corrected chi connectivity index (χ3v) is 4.21. The molecular weight excluding hydrogens is 250 g/mol. The van der Waals surface area contributed by atoms with Crippen molar-refractivity contribution in [1.82, 2.24) is 5.32 Å². The van der Waals surface area contributed by atoms with E-state index in [9.17, 15) is 0 Å². The minimum absolute atomic E-state index is 0.435. The van der Waals surface area contributed by atoms with Crippen LogP contribution in [0.4, 0.5) is 0 Å². The molecule has 1 aromatic carbocycles. The zero-order valence-corrected chi connectivity index (χ0v) is 13.9. The van der Waals surface area contributed by atoms with Gasteiger partial charge in [0.15, 0.2) is 0 Å². The Hall–Kier alpha value is -0.470. The number of hydrogen-bond donors (Lipinski definition) is 1. The lowest BCUT2D eigenvalue weighted by atomic mass is 9.99. The number of hydrogen-bond acceptors (Lipinski definition) is 2. The molecule has 2 unspecified atom stereocenters. The molecule has 19 heavy (non-hydrogen) atoms. The zero-order valence-electron chi connectivity index (χ0n) is 13.1. The van der Waals surface area contributed by atoms with E-state index in [1.165, 1.54) is 29.7 Å².